The lowest BCUT2D eigenvalue weighted by Crippen LogP contribution is -2.07. The number of carbonyl (C=O) groups is 1. The molecule has 0 aromatic heterocycles. The molecule has 1 aliphatic rings. The van der Waals surface area contributed by atoms with Crippen molar-refractivity contribution in [1.82, 2.24) is 0 Å². The summed E-state index contributed by atoms with van der Waals surface area (Å²) in [6.45, 7) is 0. The quantitative estimate of drug-likeness (QED) is 0.769. The van der Waals surface area contributed by atoms with Gasteiger partial charge in [0.1, 0.15) is 0 Å². The highest BCUT2D eigenvalue weighted by molar-refractivity contribution is 6.01. The minimum absolute atomic E-state index is 0.0155. The first-order valence-electron chi connectivity index (χ1n) is 5.05. The van der Waals surface area contributed by atoms with Gasteiger partial charge in [0.2, 0.25) is 5.78 Å². The Morgan fingerprint density at radius 1 is 1.25 bits per heavy atom. The molecular formula is C13H13NO2. The van der Waals surface area contributed by atoms with E-state index in [0.29, 0.717) is 12.2 Å². The molecule has 0 fully saturated rings. The van der Waals surface area contributed by atoms with Crippen LogP contribution in [0.25, 0.3) is 5.57 Å². The minimum atomic E-state index is 0.0155. The van der Waals surface area contributed by atoms with Crippen LogP contribution in [0.1, 0.15) is 12.0 Å². The highest BCUT2D eigenvalue weighted by Gasteiger charge is 2.15. The monoisotopic (exact) mass is 215 g/mol. The normalized spacial score (nSPS) is 15.4. The van der Waals surface area contributed by atoms with Gasteiger partial charge in [-0.05, 0) is 29.3 Å². The van der Waals surface area contributed by atoms with Crippen molar-refractivity contribution >= 4 is 17.0 Å². The molecule has 1 aliphatic carbocycles. The maximum atomic E-state index is 11.4. The van der Waals surface area contributed by atoms with E-state index in [4.69, 9.17) is 10.5 Å². The van der Waals surface area contributed by atoms with Crippen molar-refractivity contribution in [2.75, 3.05) is 12.8 Å². The van der Waals surface area contributed by atoms with Crippen LogP contribution in [0.15, 0.2) is 42.2 Å². The van der Waals surface area contributed by atoms with Crippen molar-refractivity contribution in [3.8, 4) is 0 Å². The van der Waals surface area contributed by atoms with Gasteiger partial charge in [0.15, 0.2) is 5.76 Å². The number of hydrogen-bond acceptors (Lipinski definition) is 3. The van der Waals surface area contributed by atoms with Crippen molar-refractivity contribution in [1.29, 1.82) is 0 Å². The molecule has 2 N–H and O–H groups in total. The second-order valence-corrected chi connectivity index (χ2v) is 3.62. The highest BCUT2D eigenvalue weighted by Crippen LogP contribution is 2.24. The number of rotatable bonds is 2. The molecule has 0 heterocycles. The zero-order valence-electron chi connectivity index (χ0n) is 9.07. The fraction of sp³-hybridized carbons (Fsp3) is 0.154. The average molecular weight is 215 g/mol. The first-order chi connectivity index (χ1) is 7.70. The van der Waals surface area contributed by atoms with Crippen LogP contribution < -0.4 is 5.73 Å². The molecule has 1 aromatic carbocycles. The summed E-state index contributed by atoms with van der Waals surface area (Å²) in [6, 6.07) is 7.54. The van der Waals surface area contributed by atoms with E-state index in [2.05, 4.69) is 0 Å². The summed E-state index contributed by atoms with van der Waals surface area (Å²) in [7, 11) is 1.51. The molecule has 0 unspecified atom stereocenters. The van der Waals surface area contributed by atoms with Gasteiger partial charge in [-0.1, -0.05) is 18.2 Å². The van der Waals surface area contributed by atoms with Crippen molar-refractivity contribution in [3.05, 3.63) is 47.7 Å². The SMILES string of the molecule is COC1=CC(c2ccc(N)cc2)=CCC1=O. The van der Waals surface area contributed by atoms with E-state index in [9.17, 15) is 4.79 Å². The van der Waals surface area contributed by atoms with Crippen LogP contribution in [-0.4, -0.2) is 12.9 Å². The Balaban J connectivity index is 2.33. The van der Waals surface area contributed by atoms with E-state index in [0.717, 1.165) is 16.8 Å². The van der Waals surface area contributed by atoms with Crippen molar-refractivity contribution in [2.45, 2.75) is 6.42 Å². The molecule has 1 aromatic rings. The number of ether oxygens (including phenoxy) is 1. The summed E-state index contributed by atoms with van der Waals surface area (Å²) in [4.78, 5) is 11.4. The summed E-state index contributed by atoms with van der Waals surface area (Å²) in [5.74, 6) is 0.427. The van der Waals surface area contributed by atoms with Crippen LogP contribution in [-0.2, 0) is 9.53 Å². The van der Waals surface area contributed by atoms with Crippen LogP contribution in [0.4, 0.5) is 5.69 Å². The molecule has 0 aliphatic heterocycles. The van der Waals surface area contributed by atoms with Crippen molar-refractivity contribution < 1.29 is 9.53 Å². The summed E-state index contributed by atoms with van der Waals surface area (Å²) in [5.41, 5.74) is 8.38. The largest absolute Gasteiger partial charge is 0.493 e. The predicted molar refractivity (Wildman–Crippen MR) is 63.5 cm³/mol. The Labute approximate surface area is 94.2 Å². The zero-order valence-corrected chi connectivity index (χ0v) is 9.07. The molecule has 2 rings (SSSR count). The molecule has 3 nitrogen and oxygen atoms in total. The molecule has 0 atom stereocenters. The minimum Gasteiger partial charge on any atom is -0.493 e. The molecule has 82 valence electrons. The van der Waals surface area contributed by atoms with Crippen LogP contribution >= 0.6 is 0 Å². The number of hydrogen-bond donors (Lipinski definition) is 1. The van der Waals surface area contributed by atoms with Gasteiger partial charge >= 0.3 is 0 Å². The van der Waals surface area contributed by atoms with Gasteiger partial charge in [-0.2, -0.15) is 0 Å². The standard InChI is InChI=1S/C13H13NO2/c1-16-13-8-10(4-7-12(13)15)9-2-5-11(14)6-3-9/h2-6,8H,7,14H2,1H3. The maximum absolute atomic E-state index is 11.4. The zero-order chi connectivity index (χ0) is 11.5. The smallest absolute Gasteiger partial charge is 0.201 e. The lowest BCUT2D eigenvalue weighted by Gasteiger charge is -2.12. The Morgan fingerprint density at radius 3 is 2.56 bits per heavy atom. The van der Waals surface area contributed by atoms with E-state index in [1.54, 1.807) is 6.08 Å². The number of nitrogens with two attached hydrogens (primary N) is 1. The number of anilines is 1. The second-order valence-electron chi connectivity index (χ2n) is 3.62. The van der Waals surface area contributed by atoms with E-state index in [1.807, 2.05) is 30.3 Å². The lowest BCUT2D eigenvalue weighted by molar-refractivity contribution is -0.117. The van der Waals surface area contributed by atoms with Gasteiger partial charge in [-0.25, -0.2) is 0 Å². The van der Waals surface area contributed by atoms with Gasteiger partial charge in [-0.3, -0.25) is 4.79 Å². The van der Waals surface area contributed by atoms with Crippen LogP contribution in [0, 0.1) is 0 Å². The molecule has 0 saturated heterocycles. The first kappa shape index (κ1) is 10.5. The van der Waals surface area contributed by atoms with Crippen molar-refractivity contribution in [3.63, 3.8) is 0 Å². The van der Waals surface area contributed by atoms with Gasteiger partial charge in [0.05, 0.1) is 7.11 Å². The number of Topliss-reactive ketones (excluding diaryl/α,β-unsaturated/α-hetero) is 1. The number of allylic oxidation sites excluding steroid dienone is 4. The number of methoxy groups -OCH3 is 1. The predicted octanol–water partition coefficient (Wildman–Crippen LogP) is 2.16. The molecule has 0 bridgehead atoms. The second kappa shape index (κ2) is 4.23. The highest BCUT2D eigenvalue weighted by atomic mass is 16.5. The van der Waals surface area contributed by atoms with Gasteiger partial charge in [0, 0.05) is 12.1 Å². The third-order valence-corrected chi connectivity index (χ3v) is 2.53. The Kier molecular flexibility index (Phi) is 2.77. The number of nitrogen functional groups attached to an aromatic ring is 1. The molecule has 0 amide bonds. The lowest BCUT2D eigenvalue weighted by atomic mass is 9.98. The molecule has 0 saturated carbocycles. The van der Waals surface area contributed by atoms with E-state index in [-0.39, 0.29) is 5.78 Å². The third kappa shape index (κ3) is 1.98. The first-order valence-corrected chi connectivity index (χ1v) is 5.05. The van der Waals surface area contributed by atoms with E-state index in [1.165, 1.54) is 7.11 Å². The summed E-state index contributed by atoms with van der Waals surface area (Å²) in [6.07, 6.45) is 4.05. The van der Waals surface area contributed by atoms with E-state index < -0.39 is 0 Å². The van der Waals surface area contributed by atoms with Crippen LogP contribution in [0.2, 0.25) is 0 Å². The van der Waals surface area contributed by atoms with Gasteiger partial charge in [-0.15, -0.1) is 0 Å². The number of carbonyl (C=O) groups excluding carboxylic acids is 1. The third-order valence-electron chi connectivity index (χ3n) is 2.53. The molecule has 0 spiro atoms. The number of benzene rings is 1. The Morgan fingerprint density at radius 2 is 1.94 bits per heavy atom. The summed E-state index contributed by atoms with van der Waals surface area (Å²) < 4.78 is 5.02. The van der Waals surface area contributed by atoms with Gasteiger partial charge < -0.3 is 10.5 Å². The fourth-order valence-electron chi connectivity index (χ4n) is 1.63. The van der Waals surface area contributed by atoms with Crippen LogP contribution in [0.5, 0.6) is 0 Å². The molecule has 0 radical (unpaired) electrons. The topological polar surface area (TPSA) is 52.3 Å². The Bertz CT molecular complexity index is 469. The average Bonchev–Trinajstić information content (AvgIpc) is 2.31. The summed E-state index contributed by atoms with van der Waals surface area (Å²) >= 11 is 0. The van der Waals surface area contributed by atoms with Gasteiger partial charge in [0.25, 0.3) is 0 Å². The molecule has 16 heavy (non-hydrogen) atoms. The number of ketones is 1. The molecule has 3 heteroatoms. The molecular weight excluding hydrogens is 202 g/mol. The van der Waals surface area contributed by atoms with Crippen molar-refractivity contribution in [2.24, 2.45) is 0 Å². The Hall–Kier alpha value is -2.03. The van der Waals surface area contributed by atoms with E-state index >= 15 is 0 Å². The fourth-order valence-corrected chi connectivity index (χ4v) is 1.63. The van der Waals surface area contributed by atoms with Crippen LogP contribution in [0.3, 0.4) is 0 Å². The maximum Gasteiger partial charge on any atom is 0.201 e. The summed E-state index contributed by atoms with van der Waals surface area (Å²) in [5, 5.41) is 0.